The smallest absolute Gasteiger partial charge is 0.157 e. The quantitative estimate of drug-likeness (QED) is 0.439. The van der Waals surface area contributed by atoms with E-state index in [0.29, 0.717) is 0 Å². The third-order valence-electron chi connectivity index (χ3n) is 0.780. The summed E-state index contributed by atoms with van der Waals surface area (Å²) in [6.07, 6.45) is 4.18. The molecule has 0 fully saturated rings. The van der Waals surface area contributed by atoms with Gasteiger partial charge >= 0.3 is 0 Å². The number of allylic oxidation sites excluding steroid dienone is 3. The van der Waals surface area contributed by atoms with E-state index in [9.17, 15) is 0 Å². The molecule has 0 amide bonds. The average molecular weight is 126 g/mol. The average Bonchev–Trinajstić information content (AvgIpc) is 1.87. The predicted octanol–water partition coefficient (Wildman–Crippen LogP) is 2.08. The molecule has 2 N–H and O–H groups in total. The van der Waals surface area contributed by atoms with Crippen LogP contribution in [0.5, 0.6) is 0 Å². The highest BCUT2D eigenvalue weighted by Gasteiger charge is 1.90. The van der Waals surface area contributed by atoms with Gasteiger partial charge in [-0.15, -0.1) is 0 Å². The van der Waals surface area contributed by atoms with Crippen LogP contribution < -0.4 is 0 Å². The van der Waals surface area contributed by atoms with Gasteiger partial charge in [-0.25, -0.2) is 0 Å². The van der Waals surface area contributed by atoms with Crippen molar-refractivity contribution < 1.29 is 10.2 Å². The van der Waals surface area contributed by atoms with E-state index >= 15 is 0 Å². The first-order chi connectivity index (χ1) is 4.22. The van der Waals surface area contributed by atoms with Crippen LogP contribution in [0.25, 0.3) is 0 Å². The molecule has 0 spiro atoms. The zero-order valence-corrected chi connectivity index (χ0v) is 5.33. The molecule has 0 saturated carbocycles. The van der Waals surface area contributed by atoms with Gasteiger partial charge in [0.25, 0.3) is 0 Å². The number of aliphatic hydroxyl groups excluding tert-OH is 2. The predicted molar refractivity (Wildman–Crippen MR) is 37.3 cm³/mol. The molecule has 0 aromatic heterocycles. The van der Waals surface area contributed by atoms with Crippen molar-refractivity contribution in [2.24, 2.45) is 0 Å². The Balaban J connectivity index is 4.27. The summed E-state index contributed by atoms with van der Waals surface area (Å²) in [7, 11) is 0. The Kier molecular flexibility index (Phi) is 3.28. The van der Waals surface area contributed by atoms with E-state index in [1.54, 1.807) is 13.0 Å². The number of aliphatic hydroxyl groups is 2. The highest BCUT2D eigenvalue weighted by atomic mass is 16.3. The van der Waals surface area contributed by atoms with Gasteiger partial charge in [0.1, 0.15) is 0 Å². The molecule has 0 radical (unpaired) electrons. The molecule has 2 nitrogen and oxygen atoms in total. The fourth-order valence-electron chi connectivity index (χ4n) is 0.348. The maximum Gasteiger partial charge on any atom is 0.157 e. The molecule has 0 rings (SSSR count). The molecule has 0 atom stereocenters. The van der Waals surface area contributed by atoms with Crippen LogP contribution in [0.4, 0.5) is 0 Å². The Morgan fingerprint density at radius 2 is 1.89 bits per heavy atom. The fourth-order valence-corrected chi connectivity index (χ4v) is 0.348. The van der Waals surface area contributed by atoms with Gasteiger partial charge < -0.3 is 10.2 Å². The lowest BCUT2D eigenvalue weighted by atomic mass is 10.3. The van der Waals surface area contributed by atoms with Gasteiger partial charge in [-0.3, -0.25) is 0 Å². The Labute approximate surface area is 54.4 Å². The largest absolute Gasteiger partial charge is 0.504 e. The summed E-state index contributed by atoms with van der Waals surface area (Å²) in [5.74, 6) is -0.361. The summed E-state index contributed by atoms with van der Waals surface area (Å²) >= 11 is 0. The van der Waals surface area contributed by atoms with Gasteiger partial charge in [0.05, 0.1) is 0 Å². The Morgan fingerprint density at radius 3 is 2.22 bits per heavy atom. The van der Waals surface area contributed by atoms with Crippen molar-refractivity contribution in [3.05, 3.63) is 36.3 Å². The summed E-state index contributed by atoms with van der Waals surface area (Å²) in [4.78, 5) is 0. The second-order valence-electron chi connectivity index (χ2n) is 1.47. The maximum absolute atomic E-state index is 8.79. The minimum atomic E-state index is -0.201. The van der Waals surface area contributed by atoms with E-state index in [1.165, 1.54) is 12.2 Å². The molecule has 0 aliphatic rings. The molecule has 0 aliphatic carbocycles. The highest BCUT2D eigenvalue weighted by Crippen LogP contribution is 1.98. The van der Waals surface area contributed by atoms with Crippen LogP contribution >= 0.6 is 0 Å². The molecule has 0 aromatic rings. The van der Waals surface area contributed by atoms with Crippen LogP contribution in [0.1, 0.15) is 6.92 Å². The van der Waals surface area contributed by atoms with Gasteiger partial charge in [-0.2, -0.15) is 0 Å². The molecule has 50 valence electrons. The first-order valence-electron chi connectivity index (χ1n) is 2.59. The third kappa shape index (κ3) is 2.59. The minimum Gasteiger partial charge on any atom is -0.504 e. The van der Waals surface area contributed by atoms with E-state index in [1.807, 2.05) is 0 Å². The molecular formula is C7H10O2. The molecule has 0 bridgehead atoms. The lowest BCUT2D eigenvalue weighted by molar-refractivity contribution is 0.352. The zero-order chi connectivity index (χ0) is 7.28. The van der Waals surface area contributed by atoms with Crippen molar-refractivity contribution in [1.29, 1.82) is 0 Å². The number of rotatable bonds is 2. The summed E-state index contributed by atoms with van der Waals surface area (Å²) in [5, 5.41) is 17.5. The van der Waals surface area contributed by atoms with E-state index in [-0.39, 0.29) is 11.5 Å². The molecule has 0 aliphatic heterocycles. The van der Waals surface area contributed by atoms with Crippen LogP contribution in [0.2, 0.25) is 0 Å². The van der Waals surface area contributed by atoms with Crippen molar-refractivity contribution in [2.45, 2.75) is 6.92 Å². The first-order valence-corrected chi connectivity index (χ1v) is 2.59. The molecule has 0 aromatic carbocycles. The number of hydrogen-bond donors (Lipinski definition) is 2. The van der Waals surface area contributed by atoms with Gasteiger partial charge in [0.2, 0.25) is 0 Å². The lowest BCUT2D eigenvalue weighted by Crippen LogP contribution is -1.81. The summed E-state index contributed by atoms with van der Waals surface area (Å²) in [6, 6.07) is 0. The van der Waals surface area contributed by atoms with Crippen molar-refractivity contribution in [3.63, 3.8) is 0 Å². The summed E-state index contributed by atoms with van der Waals surface area (Å²) < 4.78 is 0. The molecular weight excluding hydrogens is 116 g/mol. The normalized spacial score (nSPS) is 13.4. The highest BCUT2D eigenvalue weighted by molar-refractivity contribution is 5.20. The molecule has 9 heavy (non-hydrogen) atoms. The Bertz CT molecular complexity index is 154. The lowest BCUT2D eigenvalue weighted by Gasteiger charge is -1.91. The molecule has 0 unspecified atom stereocenters. The van der Waals surface area contributed by atoms with Gasteiger partial charge in [0, 0.05) is 0 Å². The second kappa shape index (κ2) is 3.78. The van der Waals surface area contributed by atoms with E-state index < -0.39 is 0 Å². The SMILES string of the molecule is C=C/C(O)=C(O)\C=C/C. The standard InChI is InChI=1S/C7H10O2/c1-3-5-7(9)6(8)4-2/h3-5,8-9H,2H2,1H3/b5-3-,7-6-. The minimum absolute atomic E-state index is 0.160. The maximum atomic E-state index is 8.79. The van der Waals surface area contributed by atoms with Crippen LogP contribution in [0.3, 0.4) is 0 Å². The topological polar surface area (TPSA) is 40.5 Å². The van der Waals surface area contributed by atoms with E-state index in [4.69, 9.17) is 10.2 Å². The summed E-state index contributed by atoms with van der Waals surface area (Å²) in [6.45, 7) is 5.00. The van der Waals surface area contributed by atoms with Crippen molar-refractivity contribution in [3.8, 4) is 0 Å². The van der Waals surface area contributed by atoms with Crippen LogP contribution in [-0.2, 0) is 0 Å². The monoisotopic (exact) mass is 126 g/mol. The fraction of sp³-hybridized carbons (Fsp3) is 0.143. The third-order valence-corrected chi connectivity index (χ3v) is 0.780. The Hall–Kier alpha value is -1.18. The zero-order valence-electron chi connectivity index (χ0n) is 5.33. The van der Waals surface area contributed by atoms with E-state index in [2.05, 4.69) is 6.58 Å². The van der Waals surface area contributed by atoms with Crippen LogP contribution in [0.15, 0.2) is 36.3 Å². The Morgan fingerprint density at radius 1 is 1.33 bits per heavy atom. The first kappa shape index (κ1) is 7.82. The summed E-state index contributed by atoms with van der Waals surface area (Å²) in [5.41, 5.74) is 0. The second-order valence-corrected chi connectivity index (χ2v) is 1.47. The van der Waals surface area contributed by atoms with Gasteiger partial charge in [0.15, 0.2) is 11.5 Å². The van der Waals surface area contributed by atoms with Crippen LogP contribution in [-0.4, -0.2) is 10.2 Å². The number of hydrogen-bond acceptors (Lipinski definition) is 2. The van der Waals surface area contributed by atoms with Gasteiger partial charge in [-0.05, 0) is 19.1 Å². The van der Waals surface area contributed by atoms with Crippen molar-refractivity contribution >= 4 is 0 Å². The molecule has 0 heterocycles. The molecule has 2 heteroatoms. The van der Waals surface area contributed by atoms with Crippen LogP contribution in [0, 0.1) is 0 Å². The van der Waals surface area contributed by atoms with Crippen molar-refractivity contribution in [2.75, 3.05) is 0 Å². The molecule has 0 saturated heterocycles. The van der Waals surface area contributed by atoms with Crippen molar-refractivity contribution in [1.82, 2.24) is 0 Å². The van der Waals surface area contributed by atoms with E-state index in [0.717, 1.165) is 0 Å². The van der Waals surface area contributed by atoms with Gasteiger partial charge in [-0.1, -0.05) is 12.7 Å².